The van der Waals surface area contributed by atoms with Crippen molar-refractivity contribution in [2.24, 2.45) is 0 Å². The molecule has 1 aromatic rings. The largest absolute Gasteiger partial charge is 0.341 e. The average Bonchev–Trinajstić information content (AvgIpc) is 2.32. The van der Waals surface area contributed by atoms with E-state index < -0.39 is 6.04 Å². The summed E-state index contributed by atoms with van der Waals surface area (Å²) in [6, 6.07) is 2.63. The van der Waals surface area contributed by atoms with E-state index >= 15 is 0 Å². The topological polar surface area (TPSA) is 59.1 Å². The molecular formula is C13H13ClN2O2. The molecule has 5 heteroatoms. The molecule has 1 aliphatic rings. The molecule has 1 aliphatic carbocycles. The number of nitrogens with zero attached hydrogens (tertiary/aromatic N) is 1. The van der Waals surface area contributed by atoms with Crippen molar-refractivity contribution in [1.82, 2.24) is 10.3 Å². The van der Waals surface area contributed by atoms with Crippen molar-refractivity contribution in [3.05, 3.63) is 41.2 Å². The van der Waals surface area contributed by atoms with E-state index in [9.17, 15) is 9.59 Å². The minimum atomic E-state index is -0.441. The van der Waals surface area contributed by atoms with Crippen LogP contribution >= 0.6 is 11.6 Å². The quantitative estimate of drug-likeness (QED) is 0.833. The summed E-state index contributed by atoms with van der Waals surface area (Å²) in [4.78, 5) is 27.5. The summed E-state index contributed by atoms with van der Waals surface area (Å²) in [5.41, 5.74) is 1.14. The first-order chi connectivity index (χ1) is 8.56. The molecule has 0 spiro atoms. The van der Waals surface area contributed by atoms with Crippen LogP contribution < -0.4 is 5.32 Å². The summed E-state index contributed by atoms with van der Waals surface area (Å²) in [6.07, 6.45) is 3.17. The molecule has 1 heterocycles. The molecule has 1 amide bonds. The first kappa shape index (κ1) is 12.8. The number of allylic oxidation sites excluding steroid dienone is 1. The summed E-state index contributed by atoms with van der Waals surface area (Å²) in [7, 11) is 0. The molecule has 18 heavy (non-hydrogen) atoms. The molecule has 1 unspecified atom stereocenters. The van der Waals surface area contributed by atoms with Gasteiger partial charge in [-0.2, -0.15) is 0 Å². The second kappa shape index (κ2) is 5.31. The SMILES string of the molecule is C=C1CCC(NC(=O)c2cc(Cl)ccn2)C(=O)C1. The fourth-order valence-corrected chi connectivity index (χ4v) is 2.04. The number of Topliss-reactive ketones (excluding diaryl/α,β-unsaturated/α-hetero) is 1. The highest BCUT2D eigenvalue weighted by Crippen LogP contribution is 2.19. The number of hydrogen-bond donors (Lipinski definition) is 1. The standard InChI is InChI=1S/C13H13ClN2O2/c1-8-2-3-10(12(17)6-8)16-13(18)11-7-9(14)4-5-15-11/h4-5,7,10H,1-3,6H2,(H,16,18). The van der Waals surface area contributed by atoms with Crippen LogP contribution in [-0.4, -0.2) is 22.7 Å². The predicted octanol–water partition coefficient (Wildman–Crippen LogP) is 2.14. The Morgan fingerprint density at radius 3 is 3.00 bits per heavy atom. The van der Waals surface area contributed by atoms with Gasteiger partial charge in [0, 0.05) is 17.6 Å². The van der Waals surface area contributed by atoms with Crippen LogP contribution in [0.25, 0.3) is 0 Å². The molecule has 0 saturated heterocycles. The Labute approximate surface area is 110 Å². The van der Waals surface area contributed by atoms with Crippen LogP contribution in [0.1, 0.15) is 29.8 Å². The van der Waals surface area contributed by atoms with Gasteiger partial charge in [0.15, 0.2) is 5.78 Å². The molecule has 0 radical (unpaired) electrons. The molecule has 1 aromatic heterocycles. The highest BCUT2D eigenvalue weighted by molar-refractivity contribution is 6.30. The molecule has 1 N–H and O–H groups in total. The fraction of sp³-hybridized carbons (Fsp3) is 0.308. The van der Waals surface area contributed by atoms with Gasteiger partial charge in [0.05, 0.1) is 6.04 Å². The zero-order chi connectivity index (χ0) is 13.1. The number of halogens is 1. The van der Waals surface area contributed by atoms with E-state index in [2.05, 4.69) is 16.9 Å². The van der Waals surface area contributed by atoms with E-state index in [-0.39, 0.29) is 17.4 Å². The lowest BCUT2D eigenvalue weighted by Crippen LogP contribution is -2.43. The van der Waals surface area contributed by atoms with Crippen LogP contribution in [-0.2, 0) is 4.79 Å². The van der Waals surface area contributed by atoms with Crippen molar-refractivity contribution < 1.29 is 9.59 Å². The summed E-state index contributed by atoms with van der Waals surface area (Å²) >= 11 is 5.78. The molecule has 2 rings (SSSR count). The van der Waals surface area contributed by atoms with Crippen LogP contribution in [0.3, 0.4) is 0 Å². The molecule has 94 valence electrons. The number of ketones is 1. The molecule has 0 bridgehead atoms. The summed E-state index contributed by atoms with van der Waals surface area (Å²) < 4.78 is 0. The summed E-state index contributed by atoms with van der Waals surface area (Å²) in [5, 5.41) is 3.13. The molecule has 1 saturated carbocycles. The lowest BCUT2D eigenvalue weighted by atomic mass is 9.90. The Morgan fingerprint density at radius 2 is 2.33 bits per heavy atom. The number of nitrogens with one attached hydrogen (secondary N) is 1. The Hall–Kier alpha value is -1.68. The Bertz CT molecular complexity index is 513. The molecule has 4 nitrogen and oxygen atoms in total. The van der Waals surface area contributed by atoms with Gasteiger partial charge in [-0.15, -0.1) is 0 Å². The molecule has 1 atom stereocenters. The monoisotopic (exact) mass is 264 g/mol. The smallest absolute Gasteiger partial charge is 0.270 e. The van der Waals surface area contributed by atoms with E-state index in [1.165, 1.54) is 12.3 Å². The van der Waals surface area contributed by atoms with Crippen molar-refractivity contribution in [3.8, 4) is 0 Å². The molecular weight excluding hydrogens is 252 g/mol. The minimum absolute atomic E-state index is 0.00151. The van der Waals surface area contributed by atoms with E-state index in [0.717, 1.165) is 12.0 Å². The third-order valence-electron chi connectivity index (χ3n) is 2.86. The Morgan fingerprint density at radius 1 is 1.56 bits per heavy atom. The first-order valence-corrected chi connectivity index (χ1v) is 6.06. The van der Waals surface area contributed by atoms with E-state index in [1.54, 1.807) is 6.07 Å². The van der Waals surface area contributed by atoms with Gasteiger partial charge in [-0.25, -0.2) is 0 Å². The van der Waals surface area contributed by atoms with Gasteiger partial charge in [0.25, 0.3) is 5.91 Å². The maximum atomic E-state index is 11.9. The van der Waals surface area contributed by atoms with Gasteiger partial charge in [0.1, 0.15) is 5.69 Å². The van der Waals surface area contributed by atoms with Crippen LogP contribution in [0.2, 0.25) is 5.02 Å². The number of pyridine rings is 1. The zero-order valence-electron chi connectivity index (χ0n) is 9.78. The number of hydrogen-bond acceptors (Lipinski definition) is 3. The van der Waals surface area contributed by atoms with Gasteiger partial charge in [0.2, 0.25) is 0 Å². The van der Waals surface area contributed by atoms with Crippen LogP contribution in [0.5, 0.6) is 0 Å². The van der Waals surface area contributed by atoms with E-state index in [4.69, 9.17) is 11.6 Å². The maximum absolute atomic E-state index is 11.9. The molecule has 0 aliphatic heterocycles. The van der Waals surface area contributed by atoms with Crippen molar-refractivity contribution in [2.45, 2.75) is 25.3 Å². The van der Waals surface area contributed by atoms with Gasteiger partial charge in [-0.05, 0) is 25.0 Å². The Kier molecular flexibility index (Phi) is 3.77. The molecule has 0 aromatic carbocycles. The van der Waals surface area contributed by atoms with Crippen molar-refractivity contribution in [3.63, 3.8) is 0 Å². The van der Waals surface area contributed by atoms with Crippen LogP contribution in [0.15, 0.2) is 30.5 Å². The second-order valence-corrected chi connectivity index (χ2v) is 4.75. The van der Waals surface area contributed by atoms with E-state index in [1.807, 2.05) is 0 Å². The van der Waals surface area contributed by atoms with Gasteiger partial charge < -0.3 is 5.32 Å². The van der Waals surface area contributed by atoms with Gasteiger partial charge >= 0.3 is 0 Å². The third-order valence-corrected chi connectivity index (χ3v) is 3.09. The highest BCUT2D eigenvalue weighted by atomic mass is 35.5. The first-order valence-electron chi connectivity index (χ1n) is 5.68. The van der Waals surface area contributed by atoms with Gasteiger partial charge in [-0.1, -0.05) is 23.8 Å². The maximum Gasteiger partial charge on any atom is 0.270 e. The lowest BCUT2D eigenvalue weighted by Gasteiger charge is -2.22. The number of rotatable bonds is 2. The molecule has 1 fully saturated rings. The van der Waals surface area contributed by atoms with Crippen molar-refractivity contribution >= 4 is 23.3 Å². The van der Waals surface area contributed by atoms with Crippen molar-refractivity contribution in [2.75, 3.05) is 0 Å². The third kappa shape index (κ3) is 2.96. The van der Waals surface area contributed by atoms with Crippen LogP contribution in [0, 0.1) is 0 Å². The minimum Gasteiger partial charge on any atom is -0.341 e. The van der Waals surface area contributed by atoms with Crippen LogP contribution in [0.4, 0.5) is 0 Å². The fourth-order valence-electron chi connectivity index (χ4n) is 1.88. The predicted molar refractivity (Wildman–Crippen MR) is 68.5 cm³/mol. The zero-order valence-corrected chi connectivity index (χ0v) is 10.5. The normalized spacial score (nSPS) is 19.7. The Balaban J connectivity index is 2.03. The summed E-state index contributed by atoms with van der Waals surface area (Å²) in [6.45, 7) is 3.78. The number of carbonyl (C=O) groups is 2. The second-order valence-electron chi connectivity index (χ2n) is 4.32. The number of aromatic nitrogens is 1. The number of amides is 1. The van der Waals surface area contributed by atoms with E-state index in [0.29, 0.717) is 17.9 Å². The summed E-state index contributed by atoms with van der Waals surface area (Å²) in [5.74, 6) is -0.370. The van der Waals surface area contributed by atoms with Gasteiger partial charge in [-0.3, -0.25) is 14.6 Å². The lowest BCUT2D eigenvalue weighted by molar-refractivity contribution is -0.121. The average molecular weight is 265 g/mol. The van der Waals surface area contributed by atoms with Crippen molar-refractivity contribution in [1.29, 1.82) is 0 Å². The highest BCUT2D eigenvalue weighted by Gasteiger charge is 2.26. The number of carbonyl (C=O) groups excluding carboxylic acids is 2.